The third-order valence-electron chi connectivity index (χ3n) is 6.88. The van der Waals surface area contributed by atoms with Crippen LogP contribution in [0.4, 0.5) is 5.69 Å². The van der Waals surface area contributed by atoms with Gasteiger partial charge in [-0.2, -0.15) is 0 Å². The zero-order valence-electron chi connectivity index (χ0n) is 20.4. The van der Waals surface area contributed by atoms with Crippen molar-refractivity contribution in [2.24, 2.45) is 0 Å². The highest BCUT2D eigenvalue weighted by atomic mass is 28.4. The first-order valence-corrected chi connectivity index (χ1v) is 14.2. The summed E-state index contributed by atoms with van der Waals surface area (Å²) < 4.78 is 11.9. The van der Waals surface area contributed by atoms with E-state index in [0.717, 1.165) is 17.5 Å². The minimum absolute atomic E-state index is 0.0255. The van der Waals surface area contributed by atoms with Crippen molar-refractivity contribution in [3.63, 3.8) is 0 Å². The van der Waals surface area contributed by atoms with Gasteiger partial charge in [0.15, 0.2) is 8.32 Å². The van der Waals surface area contributed by atoms with E-state index < -0.39 is 13.2 Å². The van der Waals surface area contributed by atoms with Crippen molar-refractivity contribution in [1.82, 2.24) is 4.90 Å². The van der Waals surface area contributed by atoms with E-state index in [1.54, 1.807) is 19.2 Å². The lowest BCUT2D eigenvalue weighted by Gasteiger charge is -2.38. The third-order valence-corrected chi connectivity index (χ3v) is 11.4. The number of non-ortho nitro benzene ring substituents is 1. The van der Waals surface area contributed by atoms with Gasteiger partial charge < -0.3 is 14.1 Å². The van der Waals surface area contributed by atoms with Gasteiger partial charge in [-0.05, 0) is 47.8 Å². The molecule has 1 amide bonds. The number of likely N-dealkylation sites (tertiary alicyclic amines) is 1. The van der Waals surface area contributed by atoms with Gasteiger partial charge in [-0.3, -0.25) is 14.9 Å². The number of amides is 1. The maximum atomic E-state index is 12.7. The molecule has 0 aromatic heterocycles. The smallest absolute Gasteiger partial charge is 0.270 e. The van der Waals surface area contributed by atoms with E-state index in [-0.39, 0.29) is 22.7 Å². The maximum Gasteiger partial charge on any atom is 0.270 e. The molecular formula is C25H34N2O5Si. The van der Waals surface area contributed by atoms with Crippen LogP contribution in [0, 0.1) is 10.1 Å². The highest BCUT2D eigenvalue weighted by Crippen LogP contribution is 2.38. The van der Waals surface area contributed by atoms with Crippen molar-refractivity contribution in [2.75, 3.05) is 13.7 Å². The van der Waals surface area contributed by atoms with Gasteiger partial charge in [-0.1, -0.05) is 39.0 Å². The van der Waals surface area contributed by atoms with Gasteiger partial charge in [0.2, 0.25) is 5.91 Å². The van der Waals surface area contributed by atoms with Crippen molar-refractivity contribution in [3.8, 4) is 16.9 Å². The van der Waals surface area contributed by atoms with Gasteiger partial charge in [0, 0.05) is 30.7 Å². The van der Waals surface area contributed by atoms with E-state index >= 15 is 0 Å². The summed E-state index contributed by atoms with van der Waals surface area (Å²) in [5.41, 5.74) is 2.44. The Kier molecular flexibility index (Phi) is 7.28. The molecule has 1 unspecified atom stereocenters. The van der Waals surface area contributed by atoms with Crippen LogP contribution >= 0.6 is 0 Å². The Labute approximate surface area is 197 Å². The topological polar surface area (TPSA) is 81.9 Å². The largest absolute Gasteiger partial charge is 0.496 e. The summed E-state index contributed by atoms with van der Waals surface area (Å²) >= 11 is 0. The van der Waals surface area contributed by atoms with Crippen LogP contribution in [0.15, 0.2) is 42.5 Å². The minimum Gasteiger partial charge on any atom is -0.496 e. The van der Waals surface area contributed by atoms with E-state index in [1.165, 1.54) is 6.07 Å². The molecule has 0 radical (unpaired) electrons. The molecule has 2 aromatic carbocycles. The lowest BCUT2D eigenvalue weighted by molar-refractivity contribution is -0.384. The van der Waals surface area contributed by atoms with Crippen molar-refractivity contribution in [1.29, 1.82) is 0 Å². The minimum atomic E-state index is -1.91. The summed E-state index contributed by atoms with van der Waals surface area (Å²) in [6, 6.07) is 12.3. The highest BCUT2D eigenvalue weighted by Gasteiger charge is 2.39. The predicted octanol–water partition coefficient (Wildman–Crippen LogP) is 5.78. The van der Waals surface area contributed by atoms with Gasteiger partial charge in [0.1, 0.15) is 5.75 Å². The van der Waals surface area contributed by atoms with Crippen LogP contribution in [0.3, 0.4) is 0 Å². The molecule has 0 N–H and O–H groups in total. The van der Waals surface area contributed by atoms with Crippen LogP contribution in [-0.2, 0) is 15.8 Å². The van der Waals surface area contributed by atoms with Crippen LogP contribution in [0.1, 0.15) is 39.2 Å². The average Bonchev–Trinajstić information content (AvgIpc) is 3.11. The second-order valence-corrected chi connectivity index (χ2v) is 14.9. The first-order chi connectivity index (χ1) is 15.4. The van der Waals surface area contributed by atoms with E-state index in [2.05, 4.69) is 33.9 Å². The molecule has 0 aliphatic carbocycles. The predicted molar refractivity (Wildman–Crippen MR) is 132 cm³/mol. The van der Waals surface area contributed by atoms with Gasteiger partial charge in [0.05, 0.1) is 24.7 Å². The number of carbonyl (C=O) groups excluding carboxylic acids is 1. The SMILES string of the molecule is COc1ccc(CN2C(=O)CCC2CO[Si](C)(C)C(C)(C)C)cc1-c1cccc([N+](=O)[O-])c1. The fourth-order valence-corrected chi connectivity index (χ4v) is 4.81. The lowest BCUT2D eigenvalue weighted by atomic mass is 10.0. The molecule has 1 aliphatic rings. The molecule has 7 nitrogen and oxygen atoms in total. The summed E-state index contributed by atoms with van der Waals surface area (Å²) in [6.07, 6.45) is 1.32. The van der Waals surface area contributed by atoms with Gasteiger partial charge in [0.25, 0.3) is 5.69 Å². The summed E-state index contributed by atoms with van der Waals surface area (Å²) in [5, 5.41) is 11.3. The Morgan fingerprint density at radius 2 is 1.91 bits per heavy atom. The van der Waals surface area contributed by atoms with Crippen molar-refractivity contribution < 1.29 is 18.9 Å². The Morgan fingerprint density at radius 1 is 1.18 bits per heavy atom. The summed E-state index contributed by atoms with van der Waals surface area (Å²) in [6.45, 7) is 12.1. The summed E-state index contributed by atoms with van der Waals surface area (Å²) in [7, 11) is -0.328. The number of methoxy groups -OCH3 is 1. The molecule has 1 saturated heterocycles. The zero-order chi connectivity index (χ0) is 24.4. The van der Waals surface area contributed by atoms with E-state index in [9.17, 15) is 14.9 Å². The Bertz CT molecular complexity index is 1030. The maximum absolute atomic E-state index is 12.7. The van der Waals surface area contributed by atoms with Crippen molar-refractivity contribution in [2.45, 2.75) is 64.3 Å². The number of hydrogen-bond acceptors (Lipinski definition) is 5. The molecular weight excluding hydrogens is 436 g/mol. The fraction of sp³-hybridized carbons (Fsp3) is 0.480. The van der Waals surface area contributed by atoms with E-state index in [0.29, 0.717) is 30.9 Å². The Balaban J connectivity index is 1.83. The molecule has 0 spiro atoms. The molecule has 1 heterocycles. The molecule has 0 bridgehead atoms. The van der Waals surface area contributed by atoms with Gasteiger partial charge >= 0.3 is 0 Å². The fourth-order valence-electron chi connectivity index (χ4n) is 3.77. The van der Waals surface area contributed by atoms with Crippen molar-refractivity contribution in [3.05, 3.63) is 58.1 Å². The molecule has 33 heavy (non-hydrogen) atoms. The number of rotatable bonds is 8. The monoisotopic (exact) mass is 470 g/mol. The molecule has 1 aliphatic heterocycles. The first-order valence-electron chi connectivity index (χ1n) is 11.3. The number of carbonyl (C=O) groups is 1. The zero-order valence-corrected chi connectivity index (χ0v) is 21.4. The molecule has 1 fully saturated rings. The first kappa shape index (κ1) is 24.9. The van der Waals surface area contributed by atoms with E-state index in [4.69, 9.17) is 9.16 Å². The molecule has 0 saturated carbocycles. The van der Waals surface area contributed by atoms with E-state index in [1.807, 2.05) is 29.2 Å². The number of hydrogen-bond donors (Lipinski definition) is 0. The number of benzene rings is 2. The summed E-state index contributed by atoms with van der Waals surface area (Å²) in [4.78, 5) is 25.4. The van der Waals surface area contributed by atoms with Gasteiger partial charge in [-0.25, -0.2) is 0 Å². The number of ether oxygens (including phenoxy) is 1. The van der Waals surface area contributed by atoms with Gasteiger partial charge in [-0.15, -0.1) is 0 Å². The molecule has 1 atom stereocenters. The number of nitro benzene ring substituents is 1. The highest BCUT2D eigenvalue weighted by molar-refractivity contribution is 6.74. The second kappa shape index (κ2) is 9.65. The normalized spacial score (nSPS) is 16.8. The van der Waals surface area contributed by atoms with Crippen LogP contribution in [0.25, 0.3) is 11.1 Å². The lowest BCUT2D eigenvalue weighted by Crippen LogP contribution is -2.45. The van der Waals surface area contributed by atoms with Crippen LogP contribution in [0.2, 0.25) is 18.1 Å². The van der Waals surface area contributed by atoms with Crippen LogP contribution in [-0.4, -0.2) is 43.8 Å². The molecule has 2 aromatic rings. The standard InChI is InChI=1S/C25H34N2O5Si/c1-25(2,3)33(5,6)32-17-21-11-13-24(28)26(21)16-18-10-12-23(31-4)22(14-18)19-8-7-9-20(15-19)27(29)30/h7-10,12,14-15,21H,11,13,16-17H2,1-6H3. The van der Waals surface area contributed by atoms with Crippen molar-refractivity contribution >= 4 is 19.9 Å². The average molecular weight is 471 g/mol. The Morgan fingerprint density at radius 3 is 2.55 bits per heavy atom. The molecule has 3 rings (SSSR count). The van der Waals surface area contributed by atoms with Crippen LogP contribution < -0.4 is 4.74 Å². The quantitative estimate of drug-likeness (QED) is 0.277. The van der Waals surface area contributed by atoms with Crippen LogP contribution in [0.5, 0.6) is 5.75 Å². The Hall–Kier alpha value is -2.71. The third kappa shape index (κ3) is 5.62. The molecule has 8 heteroatoms. The number of nitro groups is 1. The summed E-state index contributed by atoms with van der Waals surface area (Å²) in [5.74, 6) is 0.761. The number of nitrogens with zero attached hydrogens (tertiary/aromatic N) is 2. The second-order valence-electron chi connectivity index (χ2n) is 10.1. The molecule has 178 valence electrons.